The number of methoxy groups -OCH3 is 1. The smallest absolute Gasteiger partial charge is 0.242 e. The Bertz CT molecular complexity index is 797. The van der Waals surface area contributed by atoms with Crippen LogP contribution in [-0.2, 0) is 4.79 Å². The van der Waals surface area contributed by atoms with Crippen molar-refractivity contribution in [3.05, 3.63) is 41.2 Å². The molecule has 0 aliphatic carbocycles. The zero-order chi connectivity index (χ0) is 18.9. The number of nitrogens with zero attached hydrogens (tertiary/aromatic N) is 3. The number of hydrogen-bond donors (Lipinski definition) is 2. The normalized spacial score (nSPS) is 9.92. The number of aryl methyl sites for hydroxylation is 2. The third kappa shape index (κ3) is 5.63. The fourth-order valence-corrected chi connectivity index (χ4v) is 2.24. The first kappa shape index (κ1) is 19.0. The van der Waals surface area contributed by atoms with Crippen LogP contribution in [0.5, 0.6) is 11.5 Å². The first-order chi connectivity index (χ1) is 12.5. The molecule has 0 aliphatic rings. The van der Waals surface area contributed by atoms with E-state index in [1.165, 1.54) is 7.11 Å². The lowest BCUT2D eigenvalue weighted by molar-refractivity contribution is -0.120. The molecule has 0 spiro atoms. The van der Waals surface area contributed by atoms with Crippen LogP contribution in [0.15, 0.2) is 24.3 Å². The zero-order valence-electron chi connectivity index (χ0n) is 15.0. The highest BCUT2D eigenvalue weighted by Gasteiger charge is 2.07. The number of nitrogens with one attached hydrogen (secondary N) is 2. The van der Waals surface area contributed by atoms with Gasteiger partial charge in [-0.1, -0.05) is 0 Å². The van der Waals surface area contributed by atoms with Crippen molar-refractivity contribution < 1.29 is 14.3 Å². The summed E-state index contributed by atoms with van der Waals surface area (Å²) >= 11 is 0. The number of anilines is 1. The van der Waals surface area contributed by atoms with E-state index in [-0.39, 0.29) is 12.3 Å². The molecule has 2 N–H and O–H groups in total. The summed E-state index contributed by atoms with van der Waals surface area (Å²) in [7, 11) is 1.51. The minimum Gasteiger partial charge on any atom is -0.493 e. The fourth-order valence-electron chi connectivity index (χ4n) is 2.24. The number of amides is 1. The molecule has 1 amide bonds. The largest absolute Gasteiger partial charge is 0.493 e. The monoisotopic (exact) mass is 355 g/mol. The van der Waals surface area contributed by atoms with Gasteiger partial charge < -0.3 is 9.47 Å². The summed E-state index contributed by atoms with van der Waals surface area (Å²) in [6.45, 7) is 4.06. The van der Waals surface area contributed by atoms with Crippen LogP contribution in [0.3, 0.4) is 0 Å². The molecule has 0 fully saturated rings. The Morgan fingerprint density at radius 2 is 1.92 bits per heavy atom. The molecule has 0 saturated heterocycles. The Balaban J connectivity index is 1.74. The molecule has 0 atom stereocenters. The predicted octanol–water partition coefficient (Wildman–Crippen LogP) is 2.28. The number of benzene rings is 1. The second kappa shape index (κ2) is 9.22. The maximum Gasteiger partial charge on any atom is 0.242 e. The Morgan fingerprint density at radius 3 is 2.58 bits per heavy atom. The summed E-state index contributed by atoms with van der Waals surface area (Å²) in [4.78, 5) is 20.2. The predicted molar refractivity (Wildman–Crippen MR) is 95.7 cm³/mol. The van der Waals surface area contributed by atoms with Crippen molar-refractivity contribution in [3.63, 3.8) is 0 Å². The number of ether oxygens (including phenoxy) is 2. The lowest BCUT2D eigenvalue weighted by atomic mass is 10.2. The van der Waals surface area contributed by atoms with Crippen molar-refractivity contribution in [1.82, 2.24) is 15.4 Å². The van der Waals surface area contributed by atoms with Gasteiger partial charge in [-0.3, -0.25) is 15.6 Å². The van der Waals surface area contributed by atoms with E-state index in [1.54, 1.807) is 18.2 Å². The van der Waals surface area contributed by atoms with Crippen molar-refractivity contribution in [1.29, 1.82) is 5.26 Å². The fraction of sp³-hybridized carbons (Fsp3) is 0.333. The Morgan fingerprint density at radius 1 is 1.19 bits per heavy atom. The molecule has 8 nitrogen and oxygen atoms in total. The average molecular weight is 355 g/mol. The summed E-state index contributed by atoms with van der Waals surface area (Å²) in [6, 6.07) is 8.82. The Kier molecular flexibility index (Phi) is 6.74. The van der Waals surface area contributed by atoms with Crippen molar-refractivity contribution >= 4 is 11.9 Å². The van der Waals surface area contributed by atoms with Gasteiger partial charge >= 0.3 is 0 Å². The van der Waals surface area contributed by atoms with Gasteiger partial charge in [0.25, 0.3) is 0 Å². The van der Waals surface area contributed by atoms with Crippen LogP contribution in [0, 0.1) is 25.2 Å². The summed E-state index contributed by atoms with van der Waals surface area (Å²) in [5, 5.41) is 8.88. The maximum absolute atomic E-state index is 11.9. The van der Waals surface area contributed by atoms with E-state index in [2.05, 4.69) is 20.8 Å². The van der Waals surface area contributed by atoms with Crippen LogP contribution < -0.4 is 20.3 Å². The van der Waals surface area contributed by atoms with Gasteiger partial charge in [-0.2, -0.15) is 5.26 Å². The number of rotatable bonds is 8. The minimum atomic E-state index is -0.192. The number of aromatic nitrogens is 2. The Labute approximate surface area is 152 Å². The molecular formula is C18H21N5O3. The molecule has 0 saturated carbocycles. The second-order valence-electron chi connectivity index (χ2n) is 5.58. The van der Waals surface area contributed by atoms with E-state index >= 15 is 0 Å². The molecule has 2 aromatic rings. The van der Waals surface area contributed by atoms with E-state index in [9.17, 15) is 4.79 Å². The van der Waals surface area contributed by atoms with Gasteiger partial charge in [0.1, 0.15) is 0 Å². The number of carbonyl (C=O) groups is 1. The third-order valence-corrected chi connectivity index (χ3v) is 3.39. The SMILES string of the molecule is COc1cc(C#N)ccc1OCCCC(=O)NNc1nc(C)cc(C)n1. The first-order valence-electron chi connectivity index (χ1n) is 8.10. The molecule has 8 heteroatoms. The summed E-state index contributed by atoms with van der Waals surface area (Å²) in [5.41, 5.74) is 7.39. The van der Waals surface area contributed by atoms with Crippen LogP contribution in [0.2, 0.25) is 0 Å². The quantitative estimate of drug-likeness (QED) is 0.552. The molecule has 2 rings (SSSR count). The number of hydrazine groups is 1. The van der Waals surface area contributed by atoms with Gasteiger partial charge in [-0.15, -0.1) is 0 Å². The van der Waals surface area contributed by atoms with Gasteiger partial charge in [-0.25, -0.2) is 9.97 Å². The van der Waals surface area contributed by atoms with Gasteiger partial charge in [-0.05, 0) is 38.5 Å². The minimum absolute atomic E-state index is 0.192. The van der Waals surface area contributed by atoms with Gasteiger partial charge in [0.05, 0.1) is 25.3 Å². The standard InChI is InChI=1S/C18H21N5O3/c1-12-9-13(2)21-18(20-12)23-22-17(24)5-4-8-26-15-7-6-14(11-19)10-16(15)25-3/h6-7,9-10H,4-5,8H2,1-3H3,(H,22,24)(H,20,21,23). The maximum atomic E-state index is 11.9. The van der Waals surface area contributed by atoms with Crippen LogP contribution in [0.4, 0.5) is 5.95 Å². The lowest BCUT2D eigenvalue weighted by Crippen LogP contribution is -2.30. The molecule has 26 heavy (non-hydrogen) atoms. The molecule has 0 unspecified atom stereocenters. The topological polar surface area (TPSA) is 109 Å². The van der Waals surface area contributed by atoms with E-state index in [0.29, 0.717) is 36.0 Å². The summed E-state index contributed by atoms with van der Waals surface area (Å²) in [6.07, 6.45) is 0.792. The number of nitriles is 1. The number of carbonyl (C=O) groups excluding carboxylic acids is 1. The summed E-state index contributed by atoms with van der Waals surface area (Å²) < 4.78 is 10.8. The Hall–Kier alpha value is -3.34. The van der Waals surface area contributed by atoms with Crippen LogP contribution >= 0.6 is 0 Å². The second-order valence-corrected chi connectivity index (χ2v) is 5.58. The van der Waals surface area contributed by atoms with Crippen molar-refractivity contribution in [2.75, 3.05) is 19.1 Å². The van der Waals surface area contributed by atoms with E-state index in [0.717, 1.165) is 11.4 Å². The van der Waals surface area contributed by atoms with Crippen LogP contribution in [0.1, 0.15) is 29.8 Å². The number of hydrogen-bond acceptors (Lipinski definition) is 7. The highest BCUT2D eigenvalue weighted by molar-refractivity contribution is 5.76. The van der Waals surface area contributed by atoms with E-state index in [4.69, 9.17) is 14.7 Å². The molecular weight excluding hydrogens is 334 g/mol. The molecule has 1 aromatic heterocycles. The molecule has 0 bridgehead atoms. The van der Waals surface area contributed by atoms with Gasteiger partial charge in [0.2, 0.25) is 11.9 Å². The molecule has 1 aromatic carbocycles. The van der Waals surface area contributed by atoms with Gasteiger partial charge in [0.15, 0.2) is 11.5 Å². The van der Waals surface area contributed by atoms with Crippen molar-refractivity contribution in [2.45, 2.75) is 26.7 Å². The molecule has 136 valence electrons. The average Bonchev–Trinajstić information content (AvgIpc) is 2.62. The first-order valence-corrected chi connectivity index (χ1v) is 8.10. The van der Waals surface area contributed by atoms with E-state index in [1.807, 2.05) is 26.0 Å². The zero-order valence-corrected chi connectivity index (χ0v) is 15.0. The van der Waals surface area contributed by atoms with Crippen molar-refractivity contribution in [3.8, 4) is 17.6 Å². The molecule has 0 aliphatic heterocycles. The highest BCUT2D eigenvalue weighted by Crippen LogP contribution is 2.27. The summed E-state index contributed by atoms with van der Waals surface area (Å²) in [5.74, 6) is 1.19. The van der Waals surface area contributed by atoms with Crippen LogP contribution in [0.25, 0.3) is 0 Å². The van der Waals surface area contributed by atoms with Gasteiger partial charge in [0, 0.05) is 23.9 Å². The highest BCUT2D eigenvalue weighted by atomic mass is 16.5. The lowest BCUT2D eigenvalue weighted by Gasteiger charge is -2.11. The third-order valence-electron chi connectivity index (χ3n) is 3.39. The van der Waals surface area contributed by atoms with Crippen molar-refractivity contribution in [2.24, 2.45) is 0 Å². The van der Waals surface area contributed by atoms with Crippen LogP contribution in [-0.4, -0.2) is 29.6 Å². The van der Waals surface area contributed by atoms with E-state index < -0.39 is 0 Å². The molecule has 1 heterocycles. The molecule has 0 radical (unpaired) electrons.